The number of rotatable bonds is 6. The summed E-state index contributed by atoms with van der Waals surface area (Å²) in [5.74, 6) is 1.64. The highest BCUT2D eigenvalue weighted by Gasteiger charge is 2.42. The summed E-state index contributed by atoms with van der Waals surface area (Å²) in [6.45, 7) is 18.0. The van der Waals surface area contributed by atoms with Gasteiger partial charge in [0.25, 0.3) is 6.71 Å². The highest BCUT2D eigenvalue weighted by Crippen LogP contribution is 2.45. The van der Waals surface area contributed by atoms with Gasteiger partial charge < -0.3 is 28.1 Å². The van der Waals surface area contributed by atoms with Gasteiger partial charge in [-0.1, -0.05) is 108 Å². The maximum absolute atomic E-state index is 6.12. The SMILES string of the molecule is CC1OC1Oc1ccc(-c2cc3c4c(c2)-n2c5ccc(C(C)(C)C)cc5c5c(-c6ccc(OC7OC7C)cc6)ccc(c52)B4c2cccc4c5cc(C(C)(C)C)ccc5n-3c24)cc1. The van der Waals surface area contributed by atoms with Gasteiger partial charge in [0.15, 0.2) is 0 Å². The van der Waals surface area contributed by atoms with Crippen LogP contribution < -0.4 is 25.9 Å². The second-order valence-corrected chi connectivity index (χ2v) is 20.4. The van der Waals surface area contributed by atoms with Crippen molar-refractivity contribution in [3.8, 4) is 45.1 Å². The number of fused-ring (bicyclic) bond motifs is 10. The third-order valence-electron chi connectivity index (χ3n) is 14.2. The molecule has 2 saturated heterocycles. The Bertz CT molecular complexity index is 3420. The minimum atomic E-state index is -0.176. The lowest BCUT2D eigenvalue weighted by atomic mass is 9.34. The molecule has 2 fully saturated rings. The summed E-state index contributed by atoms with van der Waals surface area (Å²) >= 11 is 0. The molecule has 13 rings (SSSR count). The molecule has 6 heterocycles. The number of aromatic nitrogens is 2. The molecule has 0 N–H and O–H groups in total. The first-order valence-corrected chi connectivity index (χ1v) is 22.5. The second kappa shape index (κ2) is 12.7. The molecular formula is C56H49BN2O4. The molecule has 63 heavy (non-hydrogen) atoms. The molecule has 9 aromatic rings. The van der Waals surface area contributed by atoms with Crippen LogP contribution in [0.4, 0.5) is 0 Å². The van der Waals surface area contributed by atoms with Crippen LogP contribution in [0.5, 0.6) is 11.5 Å². The van der Waals surface area contributed by atoms with Gasteiger partial charge in [0.2, 0.25) is 12.6 Å². The van der Waals surface area contributed by atoms with Crippen LogP contribution in [0.3, 0.4) is 0 Å². The van der Waals surface area contributed by atoms with Crippen molar-refractivity contribution in [2.45, 2.75) is 91.0 Å². The molecule has 0 saturated carbocycles. The Morgan fingerprint density at radius 1 is 0.508 bits per heavy atom. The van der Waals surface area contributed by atoms with Crippen LogP contribution in [0, 0.1) is 0 Å². The molecule has 7 aromatic carbocycles. The predicted molar refractivity (Wildman–Crippen MR) is 258 cm³/mol. The van der Waals surface area contributed by atoms with Crippen molar-refractivity contribution in [2.24, 2.45) is 0 Å². The highest BCUT2D eigenvalue weighted by atomic mass is 16.8. The van der Waals surface area contributed by atoms with Crippen LogP contribution in [0.2, 0.25) is 0 Å². The average Bonchev–Trinajstić information content (AvgIpc) is 4.08. The monoisotopic (exact) mass is 824 g/mol. The van der Waals surface area contributed by atoms with E-state index in [0.717, 1.165) is 28.2 Å². The van der Waals surface area contributed by atoms with Gasteiger partial charge in [-0.15, -0.1) is 0 Å². The van der Waals surface area contributed by atoms with Crippen LogP contribution in [0.1, 0.15) is 66.5 Å². The van der Waals surface area contributed by atoms with E-state index in [1.165, 1.54) is 88.1 Å². The van der Waals surface area contributed by atoms with Crippen molar-refractivity contribution in [3.63, 3.8) is 0 Å². The molecule has 4 aliphatic rings. The van der Waals surface area contributed by atoms with E-state index < -0.39 is 0 Å². The zero-order chi connectivity index (χ0) is 42.8. The minimum absolute atomic E-state index is 0.0198. The van der Waals surface area contributed by atoms with Gasteiger partial charge >= 0.3 is 0 Å². The molecule has 0 aliphatic carbocycles. The topological polar surface area (TPSA) is 53.4 Å². The van der Waals surface area contributed by atoms with Gasteiger partial charge in [-0.2, -0.15) is 0 Å². The van der Waals surface area contributed by atoms with Gasteiger partial charge in [0.05, 0.1) is 11.0 Å². The van der Waals surface area contributed by atoms with E-state index in [-0.39, 0.29) is 42.3 Å². The van der Waals surface area contributed by atoms with Gasteiger partial charge in [-0.05, 0) is 135 Å². The molecule has 0 spiro atoms. The number of nitrogens with zero attached hydrogens (tertiary/aromatic N) is 2. The summed E-state index contributed by atoms with van der Waals surface area (Å²) < 4.78 is 28.6. The van der Waals surface area contributed by atoms with Crippen LogP contribution in [0.25, 0.3) is 77.2 Å². The van der Waals surface area contributed by atoms with Crippen LogP contribution in [0.15, 0.2) is 127 Å². The molecule has 0 radical (unpaired) electrons. The Labute approximate surface area is 368 Å². The molecule has 4 unspecified atom stereocenters. The minimum Gasteiger partial charge on any atom is -0.462 e. The molecule has 4 atom stereocenters. The fraction of sp³-hybridized carbons (Fsp3) is 0.250. The fourth-order valence-electron chi connectivity index (χ4n) is 10.6. The molecule has 0 amide bonds. The van der Waals surface area contributed by atoms with Crippen molar-refractivity contribution in [1.82, 2.24) is 9.13 Å². The largest absolute Gasteiger partial charge is 0.462 e. The molecule has 6 nitrogen and oxygen atoms in total. The average molecular weight is 825 g/mol. The van der Waals surface area contributed by atoms with E-state index >= 15 is 0 Å². The first-order chi connectivity index (χ1) is 30.3. The lowest BCUT2D eigenvalue weighted by Gasteiger charge is -2.34. The Morgan fingerprint density at radius 2 is 1.03 bits per heavy atom. The molecule has 4 aliphatic heterocycles. The van der Waals surface area contributed by atoms with Crippen LogP contribution >= 0.6 is 0 Å². The summed E-state index contributed by atoms with van der Waals surface area (Å²) in [7, 11) is 0. The first kappa shape index (κ1) is 37.3. The molecule has 310 valence electrons. The van der Waals surface area contributed by atoms with Crippen molar-refractivity contribution in [3.05, 3.63) is 139 Å². The van der Waals surface area contributed by atoms with E-state index in [4.69, 9.17) is 18.9 Å². The van der Waals surface area contributed by atoms with E-state index in [1.807, 2.05) is 13.8 Å². The number of ether oxygens (including phenoxy) is 4. The van der Waals surface area contributed by atoms with Crippen molar-refractivity contribution in [1.29, 1.82) is 0 Å². The third-order valence-corrected chi connectivity index (χ3v) is 14.2. The van der Waals surface area contributed by atoms with E-state index in [0.29, 0.717) is 0 Å². The van der Waals surface area contributed by atoms with Crippen molar-refractivity contribution < 1.29 is 18.9 Å². The summed E-state index contributed by atoms with van der Waals surface area (Å²) in [6.07, 6.45) is -0.0976. The van der Waals surface area contributed by atoms with Crippen LogP contribution in [-0.2, 0) is 20.3 Å². The highest BCUT2D eigenvalue weighted by molar-refractivity contribution is 7.00. The second-order valence-electron chi connectivity index (χ2n) is 20.4. The Balaban J connectivity index is 1.12. The lowest BCUT2D eigenvalue weighted by molar-refractivity contribution is 0.178. The third kappa shape index (κ3) is 5.52. The summed E-state index contributed by atoms with van der Waals surface area (Å²) in [4.78, 5) is 0. The molecule has 7 heteroatoms. The summed E-state index contributed by atoms with van der Waals surface area (Å²) in [6, 6.07) is 48.1. The quantitative estimate of drug-likeness (QED) is 0.124. The number of hydrogen-bond acceptors (Lipinski definition) is 4. The maximum Gasteiger partial charge on any atom is 0.252 e. The van der Waals surface area contributed by atoms with Crippen molar-refractivity contribution >= 4 is 66.7 Å². The van der Waals surface area contributed by atoms with Crippen LogP contribution in [-0.4, -0.2) is 40.6 Å². The Hall–Kier alpha value is -6.28. The van der Waals surface area contributed by atoms with E-state index in [2.05, 4.69) is 178 Å². The summed E-state index contributed by atoms with van der Waals surface area (Å²) in [5.41, 5.74) is 18.8. The lowest BCUT2D eigenvalue weighted by Crippen LogP contribution is -2.59. The predicted octanol–water partition coefficient (Wildman–Crippen LogP) is 11.2. The zero-order valence-corrected chi connectivity index (χ0v) is 37.0. The Morgan fingerprint density at radius 3 is 1.60 bits per heavy atom. The number of hydrogen-bond donors (Lipinski definition) is 0. The molecule has 2 aromatic heterocycles. The maximum atomic E-state index is 6.12. The fourth-order valence-corrected chi connectivity index (χ4v) is 10.6. The molecule has 0 bridgehead atoms. The van der Waals surface area contributed by atoms with Gasteiger partial charge in [0, 0.05) is 44.0 Å². The number of epoxide rings is 2. The van der Waals surface area contributed by atoms with E-state index in [9.17, 15) is 0 Å². The number of para-hydroxylation sites is 1. The van der Waals surface area contributed by atoms with Crippen molar-refractivity contribution in [2.75, 3.05) is 0 Å². The summed E-state index contributed by atoms with van der Waals surface area (Å²) in [5, 5.41) is 5.14. The zero-order valence-electron chi connectivity index (χ0n) is 37.0. The first-order valence-electron chi connectivity index (χ1n) is 22.5. The smallest absolute Gasteiger partial charge is 0.252 e. The molecular weight excluding hydrogens is 775 g/mol. The number of benzene rings is 7. The van der Waals surface area contributed by atoms with Gasteiger partial charge in [-0.25, -0.2) is 0 Å². The normalized spacial score (nSPS) is 19.6. The van der Waals surface area contributed by atoms with E-state index in [1.54, 1.807) is 0 Å². The van der Waals surface area contributed by atoms with Gasteiger partial charge in [0.1, 0.15) is 23.7 Å². The standard InChI is InChI=1S/C56H49BN2O4/c1-30-53(60-30)62-37-18-12-32(13-19-37)34-26-47-50-48(27-34)59-46-25-17-36(56(6,7)8)29-42(46)49-39(33-14-20-38(21-15-33)63-54-31(2)61-54)22-23-44(52(49)59)57(50)43-11-9-10-40-41-28-35(55(3,4)5)16-24-45(41)58(47)51(40)43/h9-31,53-54H,1-8H3. The Kier molecular flexibility index (Phi) is 7.51. The van der Waals surface area contributed by atoms with Gasteiger partial charge in [-0.3, -0.25) is 0 Å².